The summed E-state index contributed by atoms with van der Waals surface area (Å²) in [6.45, 7) is 5.14. The fourth-order valence-electron chi connectivity index (χ4n) is 2.41. The van der Waals surface area contributed by atoms with Gasteiger partial charge in [-0.15, -0.1) is 22.9 Å². The molecule has 0 saturated heterocycles. The predicted octanol–water partition coefficient (Wildman–Crippen LogP) is 4.57. The van der Waals surface area contributed by atoms with Crippen molar-refractivity contribution < 1.29 is 0 Å². The van der Waals surface area contributed by atoms with Crippen LogP contribution in [0.4, 0.5) is 5.69 Å². The van der Waals surface area contributed by atoms with Crippen LogP contribution in [-0.4, -0.2) is 16.0 Å². The molecule has 0 aromatic carbocycles. The number of nitrogens with zero attached hydrogens (tertiary/aromatic N) is 3. The maximum atomic E-state index is 6.15. The van der Waals surface area contributed by atoms with Gasteiger partial charge in [0.15, 0.2) is 0 Å². The summed E-state index contributed by atoms with van der Waals surface area (Å²) < 4.78 is 0. The largest absolute Gasteiger partial charge is 0.361 e. The first-order valence-electron chi connectivity index (χ1n) is 7.40. The van der Waals surface area contributed by atoms with Crippen LogP contribution in [0.3, 0.4) is 0 Å². The van der Waals surface area contributed by atoms with Crippen molar-refractivity contribution in [1.29, 1.82) is 0 Å². The number of hydrogen-bond donors (Lipinski definition) is 0. The van der Waals surface area contributed by atoms with Gasteiger partial charge in [-0.1, -0.05) is 19.9 Å². The lowest BCUT2D eigenvalue weighted by atomic mass is 10.2. The van der Waals surface area contributed by atoms with E-state index < -0.39 is 0 Å². The summed E-state index contributed by atoms with van der Waals surface area (Å²) in [5, 5.41) is 2.13. The molecule has 5 heteroatoms. The van der Waals surface area contributed by atoms with Gasteiger partial charge < -0.3 is 4.90 Å². The molecule has 2 aromatic heterocycles. The first-order chi connectivity index (χ1) is 10.2. The van der Waals surface area contributed by atoms with Crippen molar-refractivity contribution in [1.82, 2.24) is 9.97 Å². The van der Waals surface area contributed by atoms with Gasteiger partial charge in [-0.05, 0) is 24.3 Å². The maximum Gasteiger partial charge on any atom is 0.131 e. The minimum Gasteiger partial charge on any atom is -0.361 e. The average Bonchev–Trinajstić information content (AvgIpc) is 3.21. The molecular formula is C16H20ClN3S. The number of hydrogen-bond acceptors (Lipinski definition) is 4. The zero-order valence-electron chi connectivity index (χ0n) is 12.4. The lowest BCUT2D eigenvalue weighted by molar-refractivity contribution is 0.743. The third-order valence-electron chi connectivity index (χ3n) is 3.71. The third kappa shape index (κ3) is 3.38. The van der Waals surface area contributed by atoms with Crippen molar-refractivity contribution >= 4 is 28.6 Å². The van der Waals surface area contributed by atoms with E-state index in [4.69, 9.17) is 11.6 Å². The minimum absolute atomic E-state index is 0.327. The van der Waals surface area contributed by atoms with Crippen molar-refractivity contribution in [3.8, 4) is 0 Å². The summed E-state index contributed by atoms with van der Waals surface area (Å²) in [6.07, 6.45) is 4.46. The van der Waals surface area contributed by atoms with Gasteiger partial charge in [0.25, 0.3) is 0 Å². The molecule has 0 spiro atoms. The van der Waals surface area contributed by atoms with E-state index in [-0.39, 0.29) is 0 Å². The monoisotopic (exact) mass is 321 g/mol. The molecule has 0 N–H and O–H groups in total. The quantitative estimate of drug-likeness (QED) is 0.730. The molecule has 1 fully saturated rings. The average molecular weight is 322 g/mol. The molecule has 0 atom stereocenters. The third-order valence-corrected chi connectivity index (χ3v) is 4.82. The topological polar surface area (TPSA) is 29.0 Å². The Morgan fingerprint density at radius 3 is 2.81 bits per heavy atom. The highest BCUT2D eigenvalue weighted by Gasteiger charge is 2.31. The number of aromatic nitrogens is 2. The highest BCUT2D eigenvalue weighted by atomic mass is 35.5. The van der Waals surface area contributed by atoms with E-state index in [1.807, 2.05) is 6.20 Å². The van der Waals surface area contributed by atoms with Crippen LogP contribution in [0.15, 0.2) is 23.7 Å². The van der Waals surface area contributed by atoms with Crippen LogP contribution in [0, 0.1) is 0 Å². The first kappa shape index (κ1) is 14.8. The van der Waals surface area contributed by atoms with Gasteiger partial charge in [0, 0.05) is 16.8 Å². The molecule has 1 aliphatic carbocycles. The Labute approximate surface area is 135 Å². The van der Waals surface area contributed by atoms with E-state index in [9.17, 15) is 0 Å². The van der Waals surface area contributed by atoms with Crippen LogP contribution < -0.4 is 4.90 Å². The van der Waals surface area contributed by atoms with Crippen LogP contribution in [-0.2, 0) is 12.4 Å². The highest BCUT2D eigenvalue weighted by Crippen LogP contribution is 2.35. The molecule has 0 amide bonds. The van der Waals surface area contributed by atoms with Crippen molar-refractivity contribution in [3.63, 3.8) is 0 Å². The molecule has 1 aliphatic rings. The lowest BCUT2D eigenvalue weighted by Crippen LogP contribution is -2.26. The second kappa shape index (κ2) is 6.32. The van der Waals surface area contributed by atoms with Crippen molar-refractivity contribution in [3.05, 3.63) is 40.1 Å². The Balaban J connectivity index is 1.91. The normalized spacial score (nSPS) is 14.7. The van der Waals surface area contributed by atoms with Crippen molar-refractivity contribution in [2.24, 2.45) is 0 Å². The fraction of sp³-hybridized carbons (Fsp3) is 0.500. The standard InChI is InChI=1S/C16H20ClN3S/c1-11(2)16-18-9-15(14(8-17)19-16)20(12-5-6-12)10-13-4-3-7-21-13/h3-4,7,9,11-12H,5-6,8,10H2,1-2H3. The number of rotatable bonds is 6. The first-order valence-corrected chi connectivity index (χ1v) is 8.81. The predicted molar refractivity (Wildman–Crippen MR) is 89.2 cm³/mol. The Morgan fingerprint density at radius 2 is 2.24 bits per heavy atom. The summed E-state index contributed by atoms with van der Waals surface area (Å²) in [5.74, 6) is 1.64. The molecule has 0 unspecified atom stereocenters. The lowest BCUT2D eigenvalue weighted by Gasteiger charge is -2.26. The Hall–Kier alpha value is -1.13. The van der Waals surface area contributed by atoms with E-state index in [2.05, 4.69) is 46.2 Å². The SMILES string of the molecule is CC(C)c1ncc(N(Cc2cccs2)C2CC2)c(CCl)n1. The molecule has 2 aromatic rings. The highest BCUT2D eigenvalue weighted by molar-refractivity contribution is 7.09. The zero-order valence-corrected chi connectivity index (χ0v) is 14.0. The molecule has 21 heavy (non-hydrogen) atoms. The number of anilines is 1. The molecule has 0 aliphatic heterocycles. The van der Waals surface area contributed by atoms with Crippen molar-refractivity contribution in [2.45, 2.75) is 51.1 Å². The van der Waals surface area contributed by atoms with Crippen LogP contribution in [0.25, 0.3) is 0 Å². The zero-order chi connectivity index (χ0) is 14.8. The molecular weight excluding hydrogens is 302 g/mol. The maximum absolute atomic E-state index is 6.15. The van der Waals surface area contributed by atoms with E-state index >= 15 is 0 Å². The summed E-state index contributed by atoms with van der Waals surface area (Å²) in [5.41, 5.74) is 2.06. The second-order valence-electron chi connectivity index (χ2n) is 5.79. The van der Waals surface area contributed by atoms with Gasteiger partial charge in [-0.25, -0.2) is 9.97 Å². The van der Waals surface area contributed by atoms with Gasteiger partial charge in [-0.2, -0.15) is 0 Å². The van der Waals surface area contributed by atoms with E-state index in [1.165, 1.54) is 17.7 Å². The van der Waals surface area contributed by atoms with E-state index in [0.29, 0.717) is 17.8 Å². The van der Waals surface area contributed by atoms with Gasteiger partial charge in [0.2, 0.25) is 0 Å². The van der Waals surface area contributed by atoms with Crippen LogP contribution in [0.1, 0.15) is 49.0 Å². The van der Waals surface area contributed by atoms with E-state index in [0.717, 1.165) is 23.8 Å². The fourth-order valence-corrected chi connectivity index (χ4v) is 3.31. The number of alkyl halides is 1. The van der Waals surface area contributed by atoms with Crippen LogP contribution in [0.2, 0.25) is 0 Å². The molecule has 0 bridgehead atoms. The number of thiophene rings is 1. The Morgan fingerprint density at radius 1 is 1.43 bits per heavy atom. The van der Waals surface area contributed by atoms with Gasteiger partial charge in [-0.3, -0.25) is 0 Å². The summed E-state index contributed by atoms with van der Waals surface area (Å²) in [6, 6.07) is 4.90. The molecule has 2 heterocycles. The second-order valence-corrected chi connectivity index (χ2v) is 7.09. The van der Waals surface area contributed by atoms with Crippen LogP contribution in [0.5, 0.6) is 0 Å². The Bertz CT molecular complexity index is 594. The Kier molecular flexibility index (Phi) is 4.45. The van der Waals surface area contributed by atoms with Crippen molar-refractivity contribution in [2.75, 3.05) is 4.90 Å². The van der Waals surface area contributed by atoms with Gasteiger partial charge in [0.05, 0.1) is 30.0 Å². The smallest absolute Gasteiger partial charge is 0.131 e. The molecule has 1 saturated carbocycles. The molecule has 3 nitrogen and oxygen atoms in total. The summed E-state index contributed by atoms with van der Waals surface area (Å²) in [4.78, 5) is 13.0. The van der Waals surface area contributed by atoms with Crippen LogP contribution >= 0.6 is 22.9 Å². The molecule has 0 radical (unpaired) electrons. The molecule has 3 rings (SSSR count). The minimum atomic E-state index is 0.327. The summed E-state index contributed by atoms with van der Waals surface area (Å²) in [7, 11) is 0. The van der Waals surface area contributed by atoms with Gasteiger partial charge in [0.1, 0.15) is 5.82 Å². The van der Waals surface area contributed by atoms with E-state index in [1.54, 1.807) is 11.3 Å². The molecule has 112 valence electrons. The number of halogens is 1. The summed E-state index contributed by atoms with van der Waals surface area (Å²) >= 11 is 7.94. The van der Waals surface area contributed by atoms with Gasteiger partial charge >= 0.3 is 0 Å².